The molecule has 0 aromatic heterocycles. The first-order chi connectivity index (χ1) is 47.6. The van der Waals surface area contributed by atoms with E-state index in [1.165, 1.54) is 56.6 Å². The number of fused-ring (bicyclic) bond motifs is 2. The van der Waals surface area contributed by atoms with Crippen molar-refractivity contribution in [2.24, 2.45) is 17.4 Å². The lowest BCUT2D eigenvalue weighted by atomic mass is 9.96. The minimum Gasteiger partial charge on any atom is -0.463 e. The number of carbonyl (C=O) groups is 16. The van der Waals surface area contributed by atoms with Crippen molar-refractivity contribution in [3.63, 3.8) is 0 Å². The van der Waals surface area contributed by atoms with Crippen LogP contribution in [0.4, 0.5) is 9.59 Å². The molecule has 4 rings (SSSR count). The molecular weight excluding hydrogens is 1330 g/mol. The van der Waals surface area contributed by atoms with E-state index < -0.39 is 200 Å². The number of primary amides is 1. The van der Waals surface area contributed by atoms with Crippen molar-refractivity contribution in [2.75, 3.05) is 59.1 Å². The molecule has 0 saturated carbocycles. The van der Waals surface area contributed by atoms with Crippen LogP contribution in [0, 0.1) is 5.92 Å². The Kier molecular flexibility index (Phi) is 34.8. The molecule has 4 aliphatic rings. The first kappa shape index (κ1) is 84.4. The molecule has 36 nitrogen and oxygen atoms in total. The number of unbranched alkanes of at least 4 members (excludes halogenated alkanes) is 2. The monoisotopic (exact) mass is 1430 g/mol. The van der Waals surface area contributed by atoms with Gasteiger partial charge < -0.3 is 97.0 Å². The number of rotatable bonds is 27. The maximum atomic E-state index is 15.4. The van der Waals surface area contributed by atoms with Crippen LogP contribution in [0.5, 0.6) is 0 Å². The second-order valence-electron chi connectivity index (χ2n) is 26.3. The van der Waals surface area contributed by atoms with Crippen molar-refractivity contribution in [2.45, 2.75) is 238 Å². The number of ether oxygens (including phenoxy) is 7. The number of nitrogens with zero attached hydrogens (tertiary/aromatic N) is 3. The maximum absolute atomic E-state index is 15.4. The van der Waals surface area contributed by atoms with E-state index in [4.69, 9.17) is 44.6 Å². The van der Waals surface area contributed by atoms with E-state index in [-0.39, 0.29) is 122 Å². The van der Waals surface area contributed by atoms with Crippen LogP contribution in [0.25, 0.3) is 0 Å². The van der Waals surface area contributed by atoms with E-state index in [1.807, 2.05) is 0 Å². The fourth-order valence-corrected chi connectivity index (χ4v) is 11.7. The third-order valence-electron chi connectivity index (χ3n) is 16.2. The van der Waals surface area contributed by atoms with Gasteiger partial charge in [0.15, 0.2) is 18.5 Å². The zero-order valence-electron chi connectivity index (χ0n) is 59.3. The predicted octanol–water partition coefficient (Wildman–Crippen LogP) is -1.74. The summed E-state index contributed by atoms with van der Waals surface area (Å²) in [5.74, 6) is -11.5. The predicted molar refractivity (Wildman–Crippen MR) is 353 cm³/mol. The van der Waals surface area contributed by atoms with Crippen molar-refractivity contribution in [1.29, 1.82) is 0 Å². The third-order valence-corrected chi connectivity index (χ3v) is 16.2. The van der Waals surface area contributed by atoms with Gasteiger partial charge in [-0.1, -0.05) is 19.9 Å². The minimum absolute atomic E-state index is 0.0185. The van der Waals surface area contributed by atoms with Gasteiger partial charge in [0.25, 0.3) is 5.91 Å². The highest BCUT2D eigenvalue weighted by Gasteiger charge is 2.52. The summed E-state index contributed by atoms with van der Waals surface area (Å²) in [6, 6.07) is -11.3. The highest BCUT2D eigenvalue weighted by Crippen LogP contribution is 2.30. The third kappa shape index (κ3) is 28.5. The maximum Gasteiger partial charge on any atom is 0.417 e. The highest BCUT2D eigenvalue weighted by molar-refractivity contribution is 6.03. The van der Waals surface area contributed by atoms with Crippen LogP contribution in [0.1, 0.15) is 159 Å². The number of amides is 13. The average molecular weight is 1430 g/mol. The quantitative estimate of drug-likeness (QED) is 0.0189. The number of alkyl carbamates (subject to hydrolysis) is 1. The van der Waals surface area contributed by atoms with Gasteiger partial charge >= 0.3 is 30.1 Å². The summed E-state index contributed by atoms with van der Waals surface area (Å²) in [4.78, 5) is 220. The van der Waals surface area contributed by atoms with Gasteiger partial charge in [-0.25, -0.2) is 14.5 Å². The van der Waals surface area contributed by atoms with E-state index in [1.54, 1.807) is 13.8 Å². The van der Waals surface area contributed by atoms with Crippen molar-refractivity contribution >= 4 is 95.1 Å². The van der Waals surface area contributed by atoms with Gasteiger partial charge in [-0.05, 0) is 123 Å². The van der Waals surface area contributed by atoms with Crippen molar-refractivity contribution < 1.29 is 110 Å². The summed E-state index contributed by atoms with van der Waals surface area (Å²) in [5.41, 5.74) is 9.87. The zero-order chi connectivity index (χ0) is 75.3. The summed E-state index contributed by atoms with van der Waals surface area (Å²) in [7, 11) is 0. The fourth-order valence-electron chi connectivity index (χ4n) is 11.7. The Morgan fingerprint density at radius 1 is 0.663 bits per heavy atom. The zero-order valence-corrected chi connectivity index (χ0v) is 59.3. The molecule has 4 fully saturated rings. The molecule has 0 aliphatic carbocycles. The fraction of sp³-hybridized carbons (Fsp3) is 0.723. The normalized spacial score (nSPS) is 25.2. The Bertz CT molecular complexity index is 2980. The van der Waals surface area contributed by atoms with Crippen LogP contribution in [0.15, 0.2) is 12.2 Å². The van der Waals surface area contributed by atoms with Gasteiger partial charge in [-0.2, -0.15) is 0 Å². The van der Waals surface area contributed by atoms with E-state index in [0.717, 1.165) is 20.8 Å². The van der Waals surface area contributed by atoms with Crippen molar-refractivity contribution in [1.82, 2.24) is 57.2 Å². The lowest BCUT2D eigenvalue weighted by molar-refractivity contribution is -0.275. The van der Waals surface area contributed by atoms with E-state index in [2.05, 4.69) is 42.5 Å². The van der Waals surface area contributed by atoms with Gasteiger partial charge in [0.1, 0.15) is 73.3 Å². The smallest absolute Gasteiger partial charge is 0.417 e. The molecule has 101 heavy (non-hydrogen) atoms. The molecule has 4 saturated heterocycles. The Morgan fingerprint density at radius 2 is 1.28 bits per heavy atom. The molecule has 0 unspecified atom stereocenters. The molecule has 0 aromatic carbocycles. The summed E-state index contributed by atoms with van der Waals surface area (Å²) in [5, 5.41) is 20.8. The summed E-state index contributed by atoms with van der Waals surface area (Å²) in [6.45, 7) is 12.2. The molecule has 12 atom stereocenters. The molecule has 13 amide bonds. The van der Waals surface area contributed by atoms with Crippen LogP contribution in [-0.2, 0) is 100 Å². The van der Waals surface area contributed by atoms with Gasteiger partial charge in [-0.15, -0.1) is 0 Å². The van der Waals surface area contributed by atoms with Crippen molar-refractivity contribution in [3.05, 3.63) is 12.2 Å². The topological polar surface area (TPSA) is 496 Å². The molecule has 566 valence electrons. The molecule has 0 spiro atoms. The van der Waals surface area contributed by atoms with Gasteiger partial charge in [0.05, 0.1) is 13.2 Å². The SMILES string of the molecule is CC(=O)N[C@H]1[C@H](OC/C=C\COC(=O)NCCCC[C@@H]2NC(=O)[C@@H]3CCCN3C(=O)[C@H](CCCCN)N(C(=O)OC(C)(C)C)C(=O)[C@H](CCC(=O)NCCC(N)=O)NC(=O)[C@H](CC(C)C)NC(=O)CNC(=O)[C@@H]3CCCN3C(=O)[C@H](C)NC2=O)O[C@H](COC(C)=O)[C@@H](OC(C)=O)[C@@H]1OC(C)=O. The number of hydrogen-bond donors (Lipinski definition) is 10. The summed E-state index contributed by atoms with van der Waals surface area (Å²) >= 11 is 0. The number of hydrogen-bond acceptors (Lipinski definition) is 24. The number of nitrogens with two attached hydrogens (primary N) is 2. The highest BCUT2D eigenvalue weighted by atomic mass is 16.7. The molecule has 4 aliphatic heterocycles. The van der Waals surface area contributed by atoms with Crippen LogP contribution < -0.4 is 54.0 Å². The molecule has 36 heteroatoms. The Hall–Kier alpha value is -9.06. The molecular formula is C65H103N13O23. The first-order valence-corrected chi connectivity index (χ1v) is 34.1. The van der Waals surface area contributed by atoms with E-state index in [9.17, 15) is 67.1 Å². The number of esters is 3. The minimum atomic E-state index is -1.80. The van der Waals surface area contributed by atoms with Crippen LogP contribution >= 0.6 is 0 Å². The molecule has 0 bridgehead atoms. The number of nitrogens with one attached hydrogen (secondary N) is 8. The largest absolute Gasteiger partial charge is 0.463 e. The summed E-state index contributed by atoms with van der Waals surface area (Å²) < 4.78 is 38.9. The number of imide groups is 1. The lowest BCUT2D eigenvalue weighted by Crippen LogP contribution is -2.66. The van der Waals surface area contributed by atoms with Gasteiger partial charge in [0, 0.05) is 66.7 Å². The average Bonchev–Trinajstić information content (AvgIpc) is 1.36. The second kappa shape index (κ2) is 41.6. The van der Waals surface area contributed by atoms with Crippen molar-refractivity contribution in [3.8, 4) is 0 Å². The van der Waals surface area contributed by atoms with Crippen LogP contribution in [0.2, 0.25) is 0 Å². The van der Waals surface area contributed by atoms with Gasteiger partial charge in [0.2, 0.25) is 59.1 Å². The Balaban J connectivity index is 1.63. The van der Waals surface area contributed by atoms with Crippen LogP contribution in [-0.4, -0.2) is 247 Å². The first-order valence-electron chi connectivity index (χ1n) is 34.1. The lowest BCUT2D eigenvalue weighted by Gasteiger charge is -2.44. The Morgan fingerprint density at radius 3 is 1.89 bits per heavy atom. The second-order valence-corrected chi connectivity index (χ2v) is 26.3. The standard InChI is InChI=1S/C65H103N13O23/c1-36(2)33-44-56(87)75-43(23-24-50(84)68-28-25-49(67)83)60(91)78(64(94)101-65(8,9)10)47(20-11-13-26-66)61(92)77-30-18-22-46(77)58(89)74-42(55(86)71-37(3)59(90)76-29-17-21-45(76)57(88)70-34-51(85)73-44)19-12-14-27-69-63(93)96-32-16-15-31-95-62-52(72-38(4)79)54(99-41(7)82)53(98-40(6)81)48(100-62)35-97-39(5)80/h15-16,36-37,42-48,52-54,62H,11-14,17-35,66H2,1-10H3,(H2,67,83)(H,68,84)(H,69,93)(H,70,88)(H,71,86)(H,72,79)(H,73,85)(H,74,89)(H,75,87)/b16-15-/t37-,42-,43-,44-,45-,46-,47-,48+,52+,53+,54+,62+/m0/s1. The molecule has 0 aromatic rings. The molecule has 0 radical (unpaired) electrons. The van der Waals surface area contributed by atoms with Gasteiger partial charge in [-0.3, -0.25) is 67.1 Å². The molecule has 12 N–H and O–H groups in total. The van der Waals surface area contributed by atoms with E-state index >= 15 is 9.59 Å². The van der Waals surface area contributed by atoms with E-state index in [0.29, 0.717) is 11.3 Å². The number of carbonyl (C=O) groups excluding carboxylic acids is 16. The summed E-state index contributed by atoms with van der Waals surface area (Å²) in [6.07, 6.45) is -4.71. The molecule has 4 heterocycles. The van der Waals surface area contributed by atoms with Crippen LogP contribution in [0.3, 0.4) is 0 Å². The Labute approximate surface area is 586 Å².